The van der Waals surface area contributed by atoms with E-state index >= 15 is 0 Å². The fourth-order valence-electron chi connectivity index (χ4n) is 3.02. The highest BCUT2D eigenvalue weighted by Crippen LogP contribution is 2.23. The molecule has 0 unspecified atom stereocenters. The molecule has 0 atom stereocenters. The summed E-state index contributed by atoms with van der Waals surface area (Å²) in [6, 6.07) is 9.79. The van der Waals surface area contributed by atoms with Crippen LogP contribution in [0.4, 0.5) is 5.69 Å². The minimum Gasteiger partial charge on any atom is -0.477 e. The molecular weight excluding hydrogens is 324 g/mol. The number of nitrogens with zero attached hydrogens (tertiary/aromatic N) is 2. The summed E-state index contributed by atoms with van der Waals surface area (Å²) in [6.07, 6.45) is 2.44. The van der Waals surface area contributed by atoms with Gasteiger partial charge >= 0.3 is 5.97 Å². The molecule has 0 saturated carbocycles. The van der Waals surface area contributed by atoms with E-state index < -0.39 is 5.97 Å². The summed E-state index contributed by atoms with van der Waals surface area (Å²) in [4.78, 5) is 27.7. The van der Waals surface area contributed by atoms with Gasteiger partial charge in [-0.1, -0.05) is 12.1 Å². The summed E-state index contributed by atoms with van der Waals surface area (Å²) >= 11 is 1.08. The molecule has 1 saturated heterocycles. The lowest BCUT2D eigenvalue weighted by molar-refractivity contribution is 0.0686. The van der Waals surface area contributed by atoms with E-state index in [-0.39, 0.29) is 16.3 Å². The Hall–Kier alpha value is -2.34. The number of carbonyl (C=O) groups excluding carboxylic acids is 1. The van der Waals surface area contributed by atoms with Crippen LogP contribution in [0.2, 0.25) is 0 Å². The highest BCUT2D eigenvalue weighted by Gasteiger charge is 2.21. The molecule has 0 spiro atoms. The Morgan fingerprint density at radius 2 is 2.00 bits per heavy atom. The standard InChI is InChI=1S/C18H20N2O3S/c1-19(17(21)15-7-10-24-16(15)18(22)23)12-13-5-4-6-14(11-13)20-8-2-3-9-20/h4-7,10-11H,2-3,8-9,12H2,1H3,(H,22,23). The lowest BCUT2D eigenvalue weighted by Gasteiger charge is -2.21. The zero-order chi connectivity index (χ0) is 17.1. The van der Waals surface area contributed by atoms with Crippen molar-refractivity contribution >= 4 is 28.9 Å². The normalized spacial score (nSPS) is 14.0. The van der Waals surface area contributed by atoms with E-state index in [4.69, 9.17) is 5.11 Å². The zero-order valence-electron chi connectivity index (χ0n) is 13.6. The first kappa shape index (κ1) is 16.5. The molecule has 1 N–H and O–H groups in total. The maximum Gasteiger partial charge on any atom is 0.346 e. The fourth-order valence-corrected chi connectivity index (χ4v) is 3.74. The Labute approximate surface area is 145 Å². The number of benzene rings is 1. The summed E-state index contributed by atoms with van der Waals surface area (Å²) in [5, 5.41) is 10.8. The van der Waals surface area contributed by atoms with Crippen LogP contribution in [-0.2, 0) is 6.54 Å². The molecule has 1 amide bonds. The predicted octanol–water partition coefficient (Wildman–Crippen LogP) is 3.32. The molecule has 0 aliphatic carbocycles. The summed E-state index contributed by atoms with van der Waals surface area (Å²) in [6.45, 7) is 2.61. The van der Waals surface area contributed by atoms with Gasteiger partial charge in [-0.15, -0.1) is 11.3 Å². The molecule has 1 fully saturated rings. The van der Waals surface area contributed by atoms with Crippen LogP contribution in [0.25, 0.3) is 0 Å². The molecule has 24 heavy (non-hydrogen) atoms. The van der Waals surface area contributed by atoms with Crippen molar-refractivity contribution in [3.8, 4) is 0 Å². The van der Waals surface area contributed by atoms with Crippen LogP contribution in [0, 0.1) is 0 Å². The van der Waals surface area contributed by atoms with Gasteiger partial charge in [0.2, 0.25) is 0 Å². The third-order valence-corrected chi connectivity index (χ3v) is 5.14. The molecule has 1 aromatic heterocycles. The smallest absolute Gasteiger partial charge is 0.346 e. The van der Waals surface area contributed by atoms with Crippen molar-refractivity contribution < 1.29 is 14.7 Å². The second-order valence-corrected chi connectivity index (χ2v) is 6.91. The average molecular weight is 344 g/mol. The highest BCUT2D eigenvalue weighted by molar-refractivity contribution is 7.12. The quantitative estimate of drug-likeness (QED) is 0.904. The monoisotopic (exact) mass is 344 g/mol. The Balaban J connectivity index is 1.73. The molecular formula is C18H20N2O3S. The van der Waals surface area contributed by atoms with E-state index in [1.165, 1.54) is 18.5 Å². The van der Waals surface area contributed by atoms with Crippen LogP contribution in [0.5, 0.6) is 0 Å². The Bertz CT molecular complexity index is 750. The molecule has 1 aliphatic rings. The number of amides is 1. The third-order valence-electron chi connectivity index (χ3n) is 4.24. The van der Waals surface area contributed by atoms with E-state index in [1.807, 2.05) is 12.1 Å². The largest absolute Gasteiger partial charge is 0.477 e. The van der Waals surface area contributed by atoms with E-state index in [1.54, 1.807) is 23.4 Å². The maximum absolute atomic E-state index is 12.5. The Morgan fingerprint density at radius 3 is 2.71 bits per heavy atom. The summed E-state index contributed by atoms with van der Waals surface area (Å²) in [5.41, 5.74) is 2.49. The van der Waals surface area contributed by atoms with Crippen molar-refractivity contribution in [1.82, 2.24) is 4.90 Å². The van der Waals surface area contributed by atoms with Crippen molar-refractivity contribution in [3.63, 3.8) is 0 Å². The van der Waals surface area contributed by atoms with Gasteiger partial charge in [0.1, 0.15) is 4.88 Å². The number of anilines is 1. The van der Waals surface area contributed by atoms with Crippen LogP contribution in [0.15, 0.2) is 35.7 Å². The van der Waals surface area contributed by atoms with Gasteiger partial charge in [0.15, 0.2) is 0 Å². The van der Waals surface area contributed by atoms with Gasteiger partial charge in [-0.25, -0.2) is 4.79 Å². The van der Waals surface area contributed by atoms with Crippen LogP contribution < -0.4 is 4.90 Å². The Morgan fingerprint density at radius 1 is 1.25 bits per heavy atom. The van der Waals surface area contributed by atoms with Gasteiger partial charge in [0.25, 0.3) is 5.91 Å². The molecule has 2 heterocycles. The third kappa shape index (κ3) is 3.43. The van der Waals surface area contributed by atoms with E-state index in [2.05, 4.69) is 17.0 Å². The molecule has 0 radical (unpaired) electrons. The highest BCUT2D eigenvalue weighted by atomic mass is 32.1. The fraction of sp³-hybridized carbons (Fsp3) is 0.333. The Kier molecular flexibility index (Phi) is 4.85. The second kappa shape index (κ2) is 7.05. The lowest BCUT2D eigenvalue weighted by Crippen LogP contribution is -2.27. The van der Waals surface area contributed by atoms with Gasteiger partial charge < -0.3 is 14.9 Å². The van der Waals surface area contributed by atoms with Gasteiger partial charge in [-0.3, -0.25) is 4.79 Å². The number of hydrogen-bond donors (Lipinski definition) is 1. The number of carboxylic acid groups (broad SMARTS) is 1. The maximum atomic E-state index is 12.5. The predicted molar refractivity (Wildman–Crippen MR) is 95.0 cm³/mol. The van der Waals surface area contributed by atoms with Crippen LogP contribution >= 0.6 is 11.3 Å². The van der Waals surface area contributed by atoms with Gasteiger partial charge in [0.05, 0.1) is 5.56 Å². The molecule has 1 aliphatic heterocycles. The summed E-state index contributed by atoms with van der Waals surface area (Å²) in [7, 11) is 1.70. The van der Waals surface area contributed by atoms with E-state index in [9.17, 15) is 9.59 Å². The molecule has 3 rings (SSSR count). The summed E-state index contributed by atoms with van der Waals surface area (Å²) < 4.78 is 0. The van der Waals surface area contributed by atoms with Crippen molar-refractivity contribution in [2.75, 3.05) is 25.0 Å². The van der Waals surface area contributed by atoms with Gasteiger partial charge in [-0.05, 0) is 42.0 Å². The first-order valence-electron chi connectivity index (χ1n) is 7.96. The molecule has 1 aromatic carbocycles. The molecule has 126 valence electrons. The molecule has 5 nitrogen and oxygen atoms in total. The SMILES string of the molecule is CN(Cc1cccc(N2CCCC2)c1)C(=O)c1ccsc1C(=O)O. The minimum absolute atomic E-state index is 0.0951. The van der Waals surface area contributed by atoms with Crippen LogP contribution in [0.1, 0.15) is 38.4 Å². The average Bonchev–Trinajstić information content (AvgIpc) is 3.25. The molecule has 2 aromatic rings. The van der Waals surface area contributed by atoms with E-state index in [0.717, 1.165) is 30.0 Å². The topological polar surface area (TPSA) is 60.9 Å². The van der Waals surface area contributed by atoms with Crippen molar-refractivity contribution in [2.24, 2.45) is 0 Å². The lowest BCUT2D eigenvalue weighted by atomic mass is 10.1. The zero-order valence-corrected chi connectivity index (χ0v) is 14.4. The van der Waals surface area contributed by atoms with Crippen molar-refractivity contribution in [3.05, 3.63) is 51.7 Å². The first-order chi connectivity index (χ1) is 11.6. The number of thiophene rings is 1. The van der Waals surface area contributed by atoms with E-state index in [0.29, 0.717) is 6.54 Å². The number of rotatable bonds is 5. The van der Waals surface area contributed by atoms with Crippen LogP contribution in [0.3, 0.4) is 0 Å². The first-order valence-corrected chi connectivity index (χ1v) is 8.84. The number of aromatic carboxylic acids is 1. The second-order valence-electron chi connectivity index (χ2n) is 5.99. The van der Waals surface area contributed by atoms with Gasteiger partial charge in [-0.2, -0.15) is 0 Å². The summed E-state index contributed by atoms with van der Waals surface area (Å²) in [5.74, 6) is -1.32. The molecule has 0 bridgehead atoms. The van der Waals surface area contributed by atoms with Crippen LogP contribution in [-0.4, -0.2) is 42.0 Å². The minimum atomic E-state index is -1.06. The van der Waals surface area contributed by atoms with Gasteiger partial charge in [0, 0.05) is 32.4 Å². The molecule has 6 heteroatoms. The number of hydrogen-bond acceptors (Lipinski definition) is 4. The number of carboxylic acids is 1. The van der Waals surface area contributed by atoms with Crippen molar-refractivity contribution in [2.45, 2.75) is 19.4 Å². The number of carbonyl (C=O) groups is 2. The van der Waals surface area contributed by atoms with Crippen molar-refractivity contribution in [1.29, 1.82) is 0 Å².